The number of rotatable bonds is 5. The molecule has 5 heteroatoms. The van der Waals surface area contributed by atoms with E-state index >= 15 is 0 Å². The van der Waals surface area contributed by atoms with Crippen LogP contribution in [0.5, 0.6) is 0 Å². The molecule has 0 atom stereocenters. The first-order valence-corrected chi connectivity index (χ1v) is 8.97. The minimum absolute atomic E-state index is 0.0401. The molecular weight excluding hydrogens is 329 g/mol. The predicted molar refractivity (Wildman–Crippen MR) is 101 cm³/mol. The van der Waals surface area contributed by atoms with Crippen molar-refractivity contribution in [1.29, 1.82) is 0 Å². The van der Waals surface area contributed by atoms with E-state index in [0.29, 0.717) is 17.5 Å². The molecule has 2 aromatic carbocycles. The summed E-state index contributed by atoms with van der Waals surface area (Å²) in [7, 11) is 0. The molecule has 4 nitrogen and oxygen atoms in total. The van der Waals surface area contributed by atoms with Gasteiger partial charge in [-0.3, -0.25) is 14.6 Å². The zero-order valence-corrected chi connectivity index (χ0v) is 14.6. The van der Waals surface area contributed by atoms with E-state index in [-0.39, 0.29) is 11.6 Å². The highest BCUT2D eigenvalue weighted by Gasteiger charge is 2.21. The van der Waals surface area contributed by atoms with Crippen LogP contribution in [0.4, 0.5) is 4.39 Å². The van der Waals surface area contributed by atoms with Gasteiger partial charge in [0.1, 0.15) is 5.82 Å². The topological polar surface area (TPSA) is 39.3 Å². The molecule has 1 aliphatic rings. The molecule has 0 saturated carbocycles. The number of aromatic nitrogens is 1. The highest BCUT2D eigenvalue weighted by Crippen LogP contribution is 2.20. The fraction of sp³-hybridized carbons (Fsp3) is 0.286. The second-order valence-corrected chi connectivity index (χ2v) is 6.85. The molecule has 1 saturated heterocycles. The Morgan fingerprint density at radius 2 is 1.73 bits per heavy atom. The quantitative estimate of drug-likeness (QED) is 0.717. The number of halogens is 1. The van der Waals surface area contributed by atoms with Gasteiger partial charge in [-0.05, 0) is 23.8 Å². The van der Waals surface area contributed by atoms with E-state index < -0.39 is 0 Å². The van der Waals surface area contributed by atoms with Gasteiger partial charge in [0.2, 0.25) is 0 Å². The van der Waals surface area contributed by atoms with Crippen molar-refractivity contribution in [2.24, 2.45) is 0 Å². The molecule has 26 heavy (non-hydrogen) atoms. The van der Waals surface area contributed by atoms with Crippen LogP contribution in [-0.4, -0.2) is 53.3 Å². The van der Waals surface area contributed by atoms with E-state index in [9.17, 15) is 9.18 Å². The van der Waals surface area contributed by atoms with Gasteiger partial charge in [0.15, 0.2) is 5.78 Å². The standard InChI is InChI=1S/C21H22FN3O/c22-17-6-7-20-18(12-17)19(13-23-20)21(26)15-25-10-8-24(9-11-25)14-16-4-2-1-3-5-16/h1-7,12-13,23H,8-11,14-15H2. The van der Waals surface area contributed by atoms with Crippen LogP contribution < -0.4 is 0 Å². The molecule has 1 fully saturated rings. The molecule has 1 aliphatic heterocycles. The van der Waals surface area contributed by atoms with E-state index in [1.807, 2.05) is 6.07 Å². The van der Waals surface area contributed by atoms with Crippen LogP contribution in [0, 0.1) is 5.82 Å². The summed E-state index contributed by atoms with van der Waals surface area (Å²) in [6.07, 6.45) is 1.69. The number of carbonyl (C=O) groups excluding carboxylic acids is 1. The fourth-order valence-electron chi connectivity index (χ4n) is 3.56. The van der Waals surface area contributed by atoms with Crippen molar-refractivity contribution >= 4 is 16.7 Å². The predicted octanol–water partition coefficient (Wildman–Crippen LogP) is 3.31. The van der Waals surface area contributed by atoms with Crippen LogP contribution in [-0.2, 0) is 6.54 Å². The van der Waals surface area contributed by atoms with Crippen LogP contribution in [0.2, 0.25) is 0 Å². The Hall–Kier alpha value is -2.50. The molecule has 2 heterocycles. The smallest absolute Gasteiger partial charge is 0.178 e. The first kappa shape index (κ1) is 16.9. The average molecular weight is 351 g/mol. The zero-order chi connectivity index (χ0) is 17.9. The summed E-state index contributed by atoms with van der Waals surface area (Å²) in [5.74, 6) is -0.279. The number of H-pyrrole nitrogens is 1. The third kappa shape index (κ3) is 3.69. The summed E-state index contributed by atoms with van der Waals surface area (Å²) in [5.41, 5.74) is 2.69. The fourth-order valence-corrected chi connectivity index (χ4v) is 3.56. The first-order chi connectivity index (χ1) is 12.7. The number of Topliss-reactive ketones (excluding diaryl/α,β-unsaturated/α-hetero) is 1. The number of hydrogen-bond donors (Lipinski definition) is 1. The van der Waals surface area contributed by atoms with Gasteiger partial charge in [-0.2, -0.15) is 0 Å². The van der Waals surface area contributed by atoms with Crippen LogP contribution in [0.3, 0.4) is 0 Å². The minimum Gasteiger partial charge on any atom is -0.360 e. The Morgan fingerprint density at radius 3 is 2.50 bits per heavy atom. The Balaban J connectivity index is 1.35. The number of ketones is 1. The largest absolute Gasteiger partial charge is 0.360 e. The van der Waals surface area contributed by atoms with Crippen LogP contribution >= 0.6 is 0 Å². The molecule has 134 valence electrons. The monoisotopic (exact) mass is 351 g/mol. The third-order valence-electron chi connectivity index (χ3n) is 5.03. The van der Waals surface area contributed by atoms with Crippen molar-refractivity contribution in [2.45, 2.75) is 6.54 Å². The molecule has 3 aromatic rings. The van der Waals surface area contributed by atoms with E-state index in [2.05, 4.69) is 39.0 Å². The van der Waals surface area contributed by atoms with Gasteiger partial charge >= 0.3 is 0 Å². The lowest BCUT2D eigenvalue weighted by atomic mass is 10.1. The van der Waals surface area contributed by atoms with Gasteiger partial charge in [0, 0.05) is 55.4 Å². The molecule has 1 N–H and O–H groups in total. The summed E-state index contributed by atoms with van der Waals surface area (Å²) >= 11 is 0. The maximum absolute atomic E-state index is 13.5. The molecule has 0 radical (unpaired) electrons. The number of fused-ring (bicyclic) bond motifs is 1. The van der Waals surface area contributed by atoms with Crippen molar-refractivity contribution in [3.63, 3.8) is 0 Å². The van der Waals surface area contributed by atoms with Gasteiger partial charge in [-0.15, -0.1) is 0 Å². The highest BCUT2D eigenvalue weighted by atomic mass is 19.1. The minimum atomic E-state index is -0.319. The Morgan fingerprint density at radius 1 is 1.00 bits per heavy atom. The van der Waals surface area contributed by atoms with E-state index in [1.165, 1.54) is 17.7 Å². The first-order valence-electron chi connectivity index (χ1n) is 8.97. The Kier molecular flexibility index (Phi) is 4.82. The van der Waals surface area contributed by atoms with Gasteiger partial charge in [-0.25, -0.2) is 4.39 Å². The summed E-state index contributed by atoms with van der Waals surface area (Å²) in [5, 5.41) is 0.665. The lowest BCUT2D eigenvalue weighted by molar-refractivity contribution is 0.0845. The lowest BCUT2D eigenvalue weighted by Crippen LogP contribution is -2.47. The van der Waals surface area contributed by atoms with Gasteiger partial charge in [0.25, 0.3) is 0 Å². The van der Waals surface area contributed by atoms with Crippen molar-refractivity contribution in [1.82, 2.24) is 14.8 Å². The number of nitrogens with one attached hydrogen (secondary N) is 1. The number of piperazine rings is 1. The normalized spacial score (nSPS) is 16.2. The maximum Gasteiger partial charge on any atom is 0.178 e. The average Bonchev–Trinajstić information content (AvgIpc) is 3.07. The molecule has 4 rings (SSSR count). The summed E-state index contributed by atoms with van der Waals surface area (Å²) < 4.78 is 13.5. The highest BCUT2D eigenvalue weighted by molar-refractivity contribution is 6.08. The molecule has 0 spiro atoms. The molecule has 0 aliphatic carbocycles. The zero-order valence-electron chi connectivity index (χ0n) is 14.6. The summed E-state index contributed by atoms with van der Waals surface area (Å²) in [4.78, 5) is 20.3. The summed E-state index contributed by atoms with van der Waals surface area (Å²) in [6, 6.07) is 14.9. The van der Waals surface area contributed by atoms with Crippen LogP contribution in [0.25, 0.3) is 10.9 Å². The molecule has 0 bridgehead atoms. The van der Waals surface area contributed by atoms with Crippen molar-refractivity contribution in [3.8, 4) is 0 Å². The maximum atomic E-state index is 13.5. The second-order valence-electron chi connectivity index (χ2n) is 6.85. The molecule has 1 aromatic heterocycles. The third-order valence-corrected chi connectivity index (χ3v) is 5.03. The van der Waals surface area contributed by atoms with Gasteiger partial charge in [0.05, 0.1) is 6.54 Å². The van der Waals surface area contributed by atoms with Crippen molar-refractivity contribution in [3.05, 3.63) is 71.7 Å². The second kappa shape index (κ2) is 7.40. The SMILES string of the molecule is O=C(CN1CCN(Cc2ccccc2)CC1)c1c[nH]c2ccc(F)cc12. The number of aromatic amines is 1. The number of carbonyl (C=O) groups is 1. The van der Waals surface area contributed by atoms with Crippen molar-refractivity contribution in [2.75, 3.05) is 32.7 Å². The van der Waals surface area contributed by atoms with E-state index in [0.717, 1.165) is 38.2 Å². The Labute approximate surface area is 152 Å². The van der Waals surface area contributed by atoms with Gasteiger partial charge < -0.3 is 4.98 Å². The molecular formula is C21H22FN3O. The van der Waals surface area contributed by atoms with E-state index in [1.54, 1.807) is 12.3 Å². The van der Waals surface area contributed by atoms with Gasteiger partial charge in [-0.1, -0.05) is 30.3 Å². The Bertz CT molecular complexity index is 898. The van der Waals surface area contributed by atoms with Crippen LogP contribution in [0.1, 0.15) is 15.9 Å². The summed E-state index contributed by atoms with van der Waals surface area (Å²) in [6.45, 7) is 4.97. The number of nitrogens with zero attached hydrogens (tertiary/aromatic N) is 2. The molecule has 0 amide bonds. The van der Waals surface area contributed by atoms with E-state index in [4.69, 9.17) is 0 Å². The molecule has 0 unspecified atom stereocenters. The van der Waals surface area contributed by atoms with Crippen LogP contribution in [0.15, 0.2) is 54.7 Å². The number of hydrogen-bond acceptors (Lipinski definition) is 3. The van der Waals surface area contributed by atoms with Crippen molar-refractivity contribution < 1.29 is 9.18 Å². The lowest BCUT2D eigenvalue weighted by Gasteiger charge is -2.34. The number of benzene rings is 2.